The van der Waals surface area contributed by atoms with E-state index < -0.39 is 5.92 Å². The largest absolute Gasteiger partial charge is 0.342 e. The Balaban J connectivity index is 4.42. The minimum Gasteiger partial charge on any atom is -0.342 e. The Morgan fingerprint density at radius 1 is 1.40 bits per heavy atom. The number of carbonyl (C=O) groups excluding carboxylic acids is 1. The molecule has 0 spiro atoms. The zero-order valence-corrected chi connectivity index (χ0v) is 10.3. The van der Waals surface area contributed by atoms with Crippen LogP contribution in [0.5, 0.6) is 0 Å². The highest BCUT2D eigenvalue weighted by atomic mass is 16.2. The monoisotopic (exact) mass is 210 g/mol. The van der Waals surface area contributed by atoms with Crippen molar-refractivity contribution in [2.45, 2.75) is 40.5 Å². The van der Waals surface area contributed by atoms with E-state index in [9.17, 15) is 4.79 Å². The van der Waals surface area contributed by atoms with E-state index in [0.29, 0.717) is 18.9 Å². The first-order valence-corrected chi connectivity index (χ1v) is 5.75. The van der Waals surface area contributed by atoms with Crippen molar-refractivity contribution >= 4 is 5.91 Å². The molecule has 0 heterocycles. The third kappa shape index (κ3) is 4.83. The van der Waals surface area contributed by atoms with Gasteiger partial charge in [-0.15, -0.1) is 0 Å². The molecule has 0 rings (SSSR count). The normalized spacial score (nSPS) is 12.3. The second-order valence-corrected chi connectivity index (χ2v) is 4.24. The lowest BCUT2D eigenvalue weighted by Crippen LogP contribution is -2.38. The summed E-state index contributed by atoms with van der Waals surface area (Å²) >= 11 is 0. The predicted octanol–water partition coefficient (Wildman–Crippen LogP) is 2.43. The van der Waals surface area contributed by atoms with Gasteiger partial charge >= 0.3 is 0 Å². The second kappa shape index (κ2) is 7.28. The molecule has 0 radical (unpaired) electrons. The standard InChI is InChI=1S/C12H22N2O/c1-5-7-11(8-13)12(15)14(6-2)9-10(3)4/h10-11H,5-7,9H2,1-4H3. The van der Waals surface area contributed by atoms with Gasteiger partial charge in [0.2, 0.25) is 5.91 Å². The SMILES string of the molecule is CCCC(C#N)C(=O)N(CC)CC(C)C. The zero-order valence-electron chi connectivity index (χ0n) is 10.3. The minimum atomic E-state index is -0.450. The molecule has 15 heavy (non-hydrogen) atoms. The molecule has 0 aliphatic heterocycles. The molecule has 0 aromatic rings. The average Bonchev–Trinajstić information content (AvgIpc) is 2.21. The van der Waals surface area contributed by atoms with Gasteiger partial charge in [0, 0.05) is 13.1 Å². The van der Waals surface area contributed by atoms with Crippen molar-refractivity contribution in [3.8, 4) is 6.07 Å². The van der Waals surface area contributed by atoms with Crippen LogP contribution in [0.15, 0.2) is 0 Å². The zero-order chi connectivity index (χ0) is 11.8. The fourth-order valence-corrected chi connectivity index (χ4v) is 1.57. The topological polar surface area (TPSA) is 44.1 Å². The van der Waals surface area contributed by atoms with Gasteiger partial charge in [0.25, 0.3) is 0 Å². The summed E-state index contributed by atoms with van der Waals surface area (Å²) in [5.74, 6) is -0.000815. The molecule has 0 saturated carbocycles. The molecular formula is C12H22N2O. The predicted molar refractivity (Wildman–Crippen MR) is 61.1 cm³/mol. The fourth-order valence-electron chi connectivity index (χ4n) is 1.57. The summed E-state index contributed by atoms with van der Waals surface area (Å²) in [6.45, 7) is 9.56. The Bertz CT molecular complexity index is 230. The Morgan fingerprint density at radius 2 is 2.00 bits per heavy atom. The van der Waals surface area contributed by atoms with Crippen LogP contribution in [0.3, 0.4) is 0 Å². The van der Waals surface area contributed by atoms with Crippen molar-refractivity contribution < 1.29 is 4.79 Å². The minimum absolute atomic E-state index is 0.00412. The number of amides is 1. The first kappa shape index (κ1) is 14.0. The molecule has 0 saturated heterocycles. The van der Waals surface area contributed by atoms with E-state index >= 15 is 0 Å². The molecule has 86 valence electrons. The van der Waals surface area contributed by atoms with Gasteiger partial charge in [0.1, 0.15) is 5.92 Å². The van der Waals surface area contributed by atoms with Gasteiger partial charge in [-0.2, -0.15) is 5.26 Å². The molecule has 1 unspecified atom stereocenters. The van der Waals surface area contributed by atoms with E-state index in [1.165, 1.54) is 0 Å². The summed E-state index contributed by atoms with van der Waals surface area (Å²) in [6.07, 6.45) is 1.55. The van der Waals surface area contributed by atoms with Crippen molar-refractivity contribution in [1.82, 2.24) is 4.90 Å². The maximum absolute atomic E-state index is 11.9. The first-order valence-electron chi connectivity index (χ1n) is 5.75. The molecule has 3 heteroatoms. The molecule has 0 N–H and O–H groups in total. The maximum atomic E-state index is 11.9. The van der Waals surface area contributed by atoms with E-state index in [2.05, 4.69) is 19.9 Å². The molecule has 0 aromatic carbocycles. The van der Waals surface area contributed by atoms with Gasteiger partial charge in [0.05, 0.1) is 6.07 Å². The molecule has 3 nitrogen and oxygen atoms in total. The second-order valence-electron chi connectivity index (χ2n) is 4.24. The van der Waals surface area contributed by atoms with Crippen LogP contribution in [0.25, 0.3) is 0 Å². The molecule has 0 aliphatic rings. The Hall–Kier alpha value is -1.04. The molecule has 0 fully saturated rings. The summed E-state index contributed by atoms with van der Waals surface area (Å²) in [5, 5.41) is 8.91. The fraction of sp³-hybridized carbons (Fsp3) is 0.833. The third-order valence-corrected chi connectivity index (χ3v) is 2.31. The van der Waals surface area contributed by atoms with Crippen LogP contribution in [0.1, 0.15) is 40.5 Å². The van der Waals surface area contributed by atoms with Crippen molar-refractivity contribution in [2.75, 3.05) is 13.1 Å². The number of rotatable bonds is 6. The van der Waals surface area contributed by atoms with Crippen LogP contribution in [0, 0.1) is 23.2 Å². The van der Waals surface area contributed by atoms with E-state index in [1.54, 1.807) is 4.90 Å². The first-order chi connectivity index (χ1) is 7.06. The molecule has 0 aromatic heterocycles. The Morgan fingerprint density at radius 3 is 2.33 bits per heavy atom. The quantitative estimate of drug-likeness (QED) is 0.676. The Kier molecular flexibility index (Phi) is 6.77. The van der Waals surface area contributed by atoms with Gasteiger partial charge in [-0.1, -0.05) is 27.2 Å². The summed E-state index contributed by atoms with van der Waals surface area (Å²) in [4.78, 5) is 13.7. The molecule has 0 aliphatic carbocycles. The number of carbonyl (C=O) groups is 1. The molecule has 1 amide bonds. The van der Waals surface area contributed by atoms with Crippen LogP contribution in [-0.4, -0.2) is 23.9 Å². The number of hydrogen-bond donors (Lipinski definition) is 0. The van der Waals surface area contributed by atoms with Crippen molar-refractivity contribution in [2.24, 2.45) is 11.8 Å². The molecule has 0 bridgehead atoms. The number of hydrogen-bond acceptors (Lipinski definition) is 2. The summed E-state index contributed by atoms with van der Waals surface area (Å²) in [6, 6.07) is 2.10. The third-order valence-electron chi connectivity index (χ3n) is 2.31. The van der Waals surface area contributed by atoms with Crippen molar-refractivity contribution in [1.29, 1.82) is 5.26 Å². The lowest BCUT2D eigenvalue weighted by molar-refractivity contribution is -0.134. The van der Waals surface area contributed by atoms with Crippen LogP contribution in [0.4, 0.5) is 0 Å². The van der Waals surface area contributed by atoms with Crippen LogP contribution in [0.2, 0.25) is 0 Å². The van der Waals surface area contributed by atoms with Gasteiger partial charge in [-0.3, -0.25) is 4.79 Å². The summed E-state index contributed by atoms with van der Waals surface area (Å²) in [5.41, 5.74) is 0. The van der Waals surface area contributed by atoms with E-state index in [-0.39, 0.29) is 5.91 Å². The van der Waals surface area contributed by atoms with E-state index in [0.717, 1.165) is 13.0 Å². The van der Waals surface area contributed by atoms with Crippen LogP contribution in [-0.2, 0) is 4.79 Å². The lowest BCUT2D eigenvalue weighted by atomic mass is 10.0. The smallest absolute Gasteiger partial charge is 0.239 e. The van der Waals surface area contributed by atoms with Gasteiger partial charge in [0.15, 0.2) is 0 Å². The van der Waals surface area contributed by atoms with Crippen LogP contribution >= 0.6 is 0 Å². The Labute approximate surface area is 93.1 Å². The lowest BCUT2D eigenvalue weighted by Gasteiger charge is -2.24. The average molecular weight is 210 g/mol. The van der Waals surface area contributed by atoms with Crippen molar-refractivity contribution in [3.05, 3.63) is 0 Å². The number of nitrogens with zero attached hydrogens (tertiary/aromatic N) is 2. The molecular weight excluding hydrogens is 188 g/mol. The van der Waals surface area contributed by atoms with E-state index in [4.69, 9.17) is 5.26 Å². The van der Waals surface area contributed by atoms with Crippen molar-refractivity contribution in [3.63, 3.8) is 0 Å². The maximum Gasteiger partial charge on any atom is 0.239 e. The van der Waals surface area contributed by atoms with E-state index in [1.807, 2.05) is 13.8 Å². The van der Waals surface area contributed by atoms with Gasteiger partial charge in [-0.25, -0.2) is 0 Å². The summed E-state index contributed by atoms with van der Waals surface area (Å²) < 4.78 is 0. The van der Waals surface area contributed by atoms with Gasteiger partial charge in [-0.05, 0) is 19.3 Å². The highest BCUT2D eigenvalue weighted by Crippen LogP contribution is 2.11. The highest BCUT2D eigenvalue weighted by Gasteiger charge is 2.22. The molecule has 1 atom stereocenters. The van der Waals surface area contributed by atoms with Crippen LogP contribution < -0.4 is 0 Å². The highest BCUT2D eigenvalue weighted by molar-refractivity contribution is 5.81. The number of nitriles is 1. The van der Waals surface area contributed by atoms with Gasteiger partial charge < -0.3 is 4.90 Å². The summed E-state index contributed by atoms with van der Waals surface area (Å²) in [7, 11) is 0.